The van der Waals surface area contributed by atoms with Gasteiger partial charge in [-0.3, -0.25) is 0 Å². The summed E-state index contributed by atoms with van der Waals surface area (Å²) in [4.78, 5) is 0. The molecule has 1 unspecified atom stereocenters. The van der Waals surface area contributed by atoms with Gasteiger partial charge in [-0.15, -0.1) is 0 Å². The van der Waals surface area contributed by atoms with Gasteiger partial charge in [0.05, 0.1) is 18.8 Å². The van der Waals surface area contributed by atoms with Crippen LogP contribution in [0.1, 0.15) is 40.5 Å². The third-order valence-electron chi connectivity index (χ3n) is 4.20. The molecule has 0 aromatic carbocycles. The molecule has 0 bridgehead atoms. The Morgan fingerprint density at radius 1 is 1.27 bits per heavy atom. The van der Waals surface area contributed by atoms with Crippen LogP contribution in [0.5, 0.6) is 0 Å². The molecule has 1 saturated carbocycles. The summed E-state index contributed by atoms with van der Waals surface area (Å²) < 4.78 is 11.8. The van der Waals surface area contributed by atoms with Gasteiger partial charge in [-0.25, -0.2) is 0 Å². The molecule has 0 amide bonds. The van der Waals surface area contributed by atoms with Gasteiger partial charge in [-0.05, 0) is 39.5 Å². The molecule has 0 spiro atoms. The standard InChI is InChI=1S/C12H22O3/c1-8-9-5-6-12(9,4)10(7-13)15-11(2,3)14-8/h8-10,13H,5-7H2,1-4H3/t8?,9-,10+,12-/m0/s1. The Morgan fingerprint density at radius 2 is 1.93 bits per heavy atom. The molecular weight excluding hydrogens is 192 g/mol. The average Bonchev–Trinajstić information content (AvgIpc) is 2.13. The Bertz CT molecular complexity index is 251. The van der Waals surface area contributed by atoms with Gasteiger partial charge in [0.2, 0.25) is 0 Å². The third kappa shape index (κ3) is 1.71. The van der Waals surface area contributed by atoms with Gasteiger partial charge in [0.1, 0.15) is 0 Å². The van der Waals surface area contributed by atoms with Crippen LogP contribution in [-0.2, 0) is 9.47 Å². The lowest BCUT2D eigenvalue weighted by molar-refractivity contribution is -0.249. The lowest BCUT2D eigenvalue weighted by atomic mass is 9.56. The van der Waals surface area contributed by atoms with Crippen molar-refractivity contribution in [2.45, 2.75) is 58.5 Å². The summed E-state index contributed by atoms with van der Waals surface area (Å²) in [6, 6.07) is 0. The van der Waals surface area contributed by atoms with Crippen molar-refractivity contribution >= 4 is 0 Å². The molecule has 1 saturated heterocycles. The van der Waals surface area contributed by atoms with Crippen LogP contribution in [0.15, 0.2) is 0 Å². The van der Waals surface area contributed by atoms with Crippen molar-refractivity contribution in [2.24, 2.45) is 11.3 Å². The quantitative estimate of drug-likeness (QED) is 0.725. The van der Waals surface area contributed by atoms with E-state index in [-0.39, 0.29) is 24.2 Å². The molecule has 3 heteroatoms. The average molecular weight is 214 g/mol. The van der Waals surface area contributed by atoms with Gasteiger partial charge >= 0.3 is 0 Å². The van der Waals surface area contributed by atoms with Crippen LogP contribution in [0.4, 0.5) is 0 Å². The molecule has 1 heterocycles. The van der Waals surface area contributed by atoms with Crippen molar-refractivity contribution in [1.82, 2.24) is 0 Å². The van der Waals surface area contributed by atoms with Gasteiger partial charge in [0.15, 0.2) is 5.79 Å². The lowest BCUT2D eigenvalue weighted by Crippen LogP contribution is -2.51. The van der Waals surface area contributed by atoms with Crippen molar-refractivity contribution in [3.8, 4) is 0 Å². The summed E-state index contributed by atoms with van der Waals surface area (Å²) in [6.07, 6.45) is 2.45. The molecule has 1 aliphatic heterocycles. The predicted molar refractivity (Wildman–Crippen MR) is 57.4 cm³/mol. The Hall–Kier alpha value is -0.120. The highest BCUT2D eigenvalue weighted by atomic mass is 16.7. The minimum Gasteiger partial charge on any atom is -0.394 e. The van der Waals surface area contributed by atoms with E-state index >= 15 is 0 Å². The van der Waals surface area contributed by atoms with Crippen molar-refractivity contribution in [1.29, 1.82) is 0 Å². The van der Waals surface area contributed by atoms with Gasteiger partial charge in [-0.2, -0.15) is 0 Å². The van der Waals surface area contributed by atoms with Crippen LogP contribution in [0.2, 0.25) is 0 Å². The van der Waals surface area contributed by atoms with Crippen LogP contribution in [0.25, 0.3) is 0 Å². The van der Waals surface area contributed by atoms with E-state index in [1.165, 1.54) is 6.42 Å². The molecule has 2 fully saturated rings. The van der Waals surface area contributed by atoms with Crippen molar-refractivity contribution in [3.63, 3.8) is 0 Å². The number of hydrogen-bond acceptors (Lipinski definition) is 3. The molecule has 1 N–H and O–H groups in total. The van der Waals surface area contributed by atoms with Gasteiger partial charge in [0.25, 0.3) is 0 Å². The van der Waals surface area contributed by atoms with E-state index in [2.05, 4.69) is 13.8 Å². The van der Waals surface area contributed by atoms with Crippen molar-refractivity contribution < 1.29 is 14.6 Å². The minimum atomic E-state index is -0.576. The normalized spacial score (nSPS) is 49.0. The molecule has 3 nitrogen and oxygen atoms in total. The SMILES string of the molecule is CC1OC(C)(C)O[C@H](CO)[C@@]2(C)CC[C@@H]12. The number of aliphatic hydroxyl groups is 1. The minimum absolute atomic E-state index is 0.0869. The fourth-order valence-electron chi connectivity index (χ4n) is 3.22. The summed E-state index contributed by atoms with van der Waals surface area (Å²) in [7, 11) is 0. The molecule has 1 aliphatic carbocycles. The molecule has 0 radical (unpaired) electrons. The van der Waals surface area contributed by atoms with E-state index in [4.69, 9.17) is 9.47 Å². The molecule has 0 aromatic rings. The largest absolute Gasteiger partial charge is 0.394 e. The zero-order valence-corrected chi connectivity index (χ0v) is 10.1. The maximum absolute atomic E-state index is 9.44. The number of ether oxygens (including phenoxy) is 2. The van der Waals surface area contributed by atoms with Gasteiger partial charge in [-0.1, -0.05) is 6.92 Å². The summed E-state index contributed by atoms with van der Waals surface area (Å²) >= 11 is 0. The lowest BCUT2D eigenvalue weighted by Gasteiger charge is -2.51. The van der Waals surface area contributed by atoms with E-state index in [0.717, 1.165) is 6.42 Å². The molecule has 4 atom stereocenters. The second-order valence-corrected chi connectivity index (χ2v) is 5.66. The number of fused-ring (bicyclic) bond motifs is 1. The second-order valence-electron chi connectivity index (χ2n) is 5.66. The molecule has 2 aliphatic rings. The van der Waals surface area contributed by atoms with E-state index in [9.17, 15) is 5.11 Å². The van der Waals surface area contributed by atoms with E-state index < -0.39 is 5.79 Å². The topological polar surface area (TPSA) is 38.7 Å². The zero-order chi connectivity index (χ0) is 11.3. The van der Waals surface area contributed by atoms with Crippen molar-refractivity contribution in [2.75, 3.05) is 6.61 Å². The van der Waals surface area contributed by atoms with E-state index in [1.54, 1.807) is 0 Å². The monoisotopic (exact) mass is 214 g/mol. The Balaban J connectivity index is 2.25. The molecule has 0 aromatic heterocycles. The first-order chi connectivity index (χ1) is 6.89. The number of rotatable bonds is 1. The second kappa shape index (κ2) is 3.44. The Morgan fingerprint density at radius 3 is 2.40 bits per heavy atom. The highest BCUT2D eigenvalue weighted by molar-refractivity contribution is 5.02. The van der Waals surface area contributed by atoms with Crippen LogP contribution < -0.4 is 0 Å². The maximum Gasteiger partial charge on any atom is 0.163 e. The third-order valence-corrected chi connectivity index (χ3v) is 4.20. The van der Waals surface area contributed by atoms with Crippen LogP contribution in [0.3, 0.4) is 0 Å². The molecular formula is C12H22O3. The fraction of sp³-hybridized carbons (Fsp3) is 1.00. The summed E-state index contributed by atoms with van der Waals surface area (Å²) in [5.74, 6) is -0.0518. The first-order valence-electron chi connectivity index (χ1n) is 5.85. The fourth-order valence-corrected chi connectivity index (χ4v) is 3.22. The van der Waals surface area contributed by atoms with Gasteiger partial charge < -0.3 is 14.6 Å². The number of hydrogen-bond donors (Lipinski definition) is 1. The maximum atomic E-state index is 9.44. The summed E-state index contributed by atoms with van der Waals surface area (Å²) in [5.41, 5.74) is 0.0991. The molecule has 2 rings (SSSR count). The predicted octanol–water partition coefficient (Wildman–Crippen LogP) is 1.93. The summed E-state index contributed by atoms with van der Waals surface area (Å²) in [5, 5.41) is 9.44. The summed E-state index contributed by atoms with van der Waals surface area (Å²) in [6.45, 7) is 8.28. The first kappa shape index (κ1) is 11.4. The van der Waals surface area contributed by atoms with Crippen LogP contribution >= 0.6 is 0 Å². The highest BCUT2D eigenvalue weighted by Gasteiger charge is 2.55. The van der Waals surface area contributed by atoms with Gasteiger partial charge in [0, 0.05) is 5.41 Å². The number of aliphatic hydroxyl groups excluding tert-OH is 1. The molecule has 88 valence electrons. The van der Waals surface area contributed by atoms with Crippen LogP contribution in [0, 0.1) is 11.3 Å². The zero-order valence-electron chi connectivity index (χ0n) is 10.1. The van der Waals surface area contributed by atoms with E-state index in [1.807, 2.05) is 13.8 Å². The van der Waals surface area contributed by atoms with Crippen LogP contribution in [-0.4, -0.2) is 29.7 Å². The smallest absolute Gasteiger partial charge is 0.163 e. The Kier molecular flexibility index (Phi) is 2.61. The van der Waals surface area contributed by atoms with Crippen molar-refractivity contribution in [3.05, 3.63) is 0 Å². The van der Waals surface area contributed by atoms with E-state index in [0.29, 0.717) is 5.92 Å². The first-order valence-corrected chi connectivity index (χ1v) is 5.85. The highest BCUT2D eigenvalue weighted by Crippen LogP contribution is 2.55. The Labute approximate surface area is 91.8 Å². The molecule has 15 heavy (non-hydrogen) atoms.